The Bertz CT molecular complexity index is 261. The third-order valence-corrected chi connectivity index (χ3v) is 2.76. The van der Waals surface area contributed by atoms with Gasteiger partial charge >= 0.3 is 0 Å². The van der Waals surface area contributed by atoms with Crippen LogP contribution in [0.3, 0.4) is 0 Å². The summed E-state index contributed by atoms with van der Waals surface area (Å²) in [5, 5.41) is 7.65. The lowest BCUT2D eigenvalue weighted by molar-refractivity contribution is 0.578. The predicted octanol–water partition coefficient (Wildman–Crippen LogP) is 2.02. The maximum atomic E-state index is 4.28. The Morgan fingerprint density at radius 2 is 2.31 bits per heavy atom. The third kappa shape index (κ3) is 2.23. The van der Waals surface area contributed by atoms with Gasteiger partial charge < -0.3 is 5.32 Å². The van der Waals surface area contributed by atoms with E-state index < -0.39 is 0 Å². The Hall–Kier alpha value is -0.990. The molecule has 13 heavy (non-hydrogen) atoms. The van der Waals surface area contributed by atoms with Gasteiger partial charge in [-0.1, -0.05) is 12.8 Å². The van der Waals surface area contributed by atoms with Gasteiger partial charge in [0, 0.05) is 25.9 Å². The van der Waals surface area contributed by atoms with E-state index in [9.17, 15) is 0 Å². The van der Waals surface area contributed by atoms with E-state index in [1.165, 1.54) is 25.7 Å². The summed E-state index contributed by atoms with van der Waals surface area (Å²) < 4.78 is 1.83. The van der Waals surface area contributed by atoms with Crippen LogP contribution in [0, 0.1) is 5.92 Å². The average Bonchev–Trinajstić information content (AvgIpc) is 2.71. The standard InChI is InChI=1S/C10H17N3/c1-13-7-6-10(12-13)11-8-9-4-2-3-5-9/h6-7,9H,2-5,8H2,1H3,(H,11,12). The van der Waals surface area contributed by atoms with Crippen LogP contribution in [0.15, 0.2) is 12.3 Å². The normalized spacial score (nSPS) is 17.9. The lowest BCUT2D eigenvalue weighted by Crippen LogP contribution is -2.11. The smallest absolute Gasteiger partial charge is 0.147 e. The van der Waals surface area contributed by atoms with Crippen molar-refractivity contribution < 1.29 is 0 Å². The van der Waals surface area contributed by atoms with Crippen molar-refractivity contribution in [2.75, 3.05) is 11.9 Å². The summed E-state index contributed by atoms with van der Waals surface area (Å²) in [6, 6.07) is 2.02. The second-order valence-corrected chi connectivity index (χ2v) is 3.91. The summed E-state index contributed by atoms with van der Waals surface area (Å²) in [5.41, 5.74) is 0. The fourth-order valence-electron chi connectivity index (χ4n) is 1.97. The van der Waals surface area contributed by atoms with Crippen LogP contribution in [0.4, 0.5) is 5.82 Å². The van der Waals surface area contributed by atoms with Crippen LogP contribution in [0.2, 0.25) is 0 Å². The fraction of sp³-hybridized carbons (Fsp3) is 0.700. The Morgan fingerprint density at radius 3 is 2.92 bits per heavy atom. The average molecular weight is 179 g/mol. The number of aromatic nitrogens is 2. The minimum absolute atomic E-state index is 0.877. The fourth-order valence-corrected chi connectivity index (χ4v) is 1.97. The van der Waals surface area contributed by atoms with E-state index in [0.717, 1.165) is 18.3 Å². The highest BCUT2D eigenvalue weighted by Crippen LogP contribution is 2.24. The maximum absolute atomic E-state index is 4.28. The van der Waals surface area contributed by atoms with Crippen LogP contribution in [0.5, 0.6) is 0 Å². The molecule has 0 saturated heterocycles. The van der Waals surface area contributed by atoms with Gasteiger partial charge in [-0.2, -0.15) is 5.10 Å². The molecule has 1 fully saturated rings. The van der Waals surface area contributed by atoms with E-state index in [4.69, 9.17) is 0 Å². The summed E-state index contributed by atoms with van der Waals surface area (Å²) in [6.45, 7) is 1.09. The number of anilines is 1. The third-order valence-electron chi connectivity index (χ3n) is 2.76. The molecule has 0 unspecified atom stereocenters. The molecule has 0 aliphatic heterocycles. The van der Waals surface area contributed by atoms with Crippen molar-refractivity contribution in [1.82, 2.24) is 9.78 Å². The Balaban J connectivity index is 1.78. The first-order chi connectivity index (χ1) is 6.34. The zero-order chi connectivity index (χ0) is 9.10. The topological polar surface area (TPSA) is 29.9 Å². The highest BCUT2D eigenvalue weighted by Gasteiger charge is 2.14. The van der Waals surface area contributed by atoms with Gasteiger partial charge in [-0.15, -0.1) is 0 Å². The second-order valence-electron chi connectivity index (χ2n) is 3.91. The zero-order valence-corrected chi connectivity index (χ0v) is 8.16. The van der Waals surface area contributed by atoms with Crippen molar-refractivity contribution in [3.63, 3.8) is 0 Å². The van der Waals surface area contributed by atoms with Crippen molar-refractivity contribution in [3.8, 4) is 0 Å². The molecule has 72 valence electrons. The lowest BCUT2D eigenvalue weighted by Gasteiger charge is -2.08. The largest absolute Gasteiger partial charge is 0.368 e. The van der Waals surface area contributed by atoms with Gasteiger partial charge in [0.15, 0.2) is 0 Å². The molecule has 0 radical (unpaired) electrons. The van der Waals surface area contributed by atoms with E-state index in [-0.39, 0.29) is 0 Å². The van der Waals surface area contributed by atoms with Crippen molar-refractivity contribution in [2.45, 2.75) is 25.7 Å². The quantitative estimate of drug-likeness (QED) is 0.769. The van der Waals surface area contributed by atoms with Gasteiger partial charge in [0.25, 0.3) is 0 Å². The number of hydrogen-bond donors (Lipinski definition) is 1. The molecule has 0 atom stereocenters. The molecule has 0 aromatic carbocycles. The van der Waals surface area contributed by atoms with Crippen molar-refractivity contribution in [2.24, 2.45) is 13.0 Å². The maximum Gasteiger partial charge on any atom is 0.147 e. The van der Waals surface area contributed by atoms with E-state index in [2.05, 4.69) is 10.4 Å². The molecular weight excluding hydrogens is 162 g/mol. The molecule has 3 nitrogen and oxygen atoms in total. The van der Waals surface area contributed by atoms with Crippen LogP contribution in [-0.2, 0) is 7.05 Å². The Kier molecular flexibility index (Phi) is 2.52. The number of nitrogens with zero attached hydrogens (tertiary/aromatic N) is 2. The van der Waals surface area contributed by atoms with Crippen LogP contribution in [0.1, 0.15) is 25.7 Å². The minimum atomic E-state index is 0.877. The molecule has 1 aliphatic carbocycles. The summed E-state index contributed by atoms with van der Waals surface area (Å²) in [7, 11) is 1.95. The highest BCUT2D eigenvalue weighted by molar-refractivity contribution is 5.31. The van der Waals surface area contributed by atoms with Crippen LogP contribution >= 0.6 is 0 Å². The van der Waals surface area contributed by atoms with E-state index >= 15 is 0 Å². The van der Waals surface area contributed by atoms with Crippen molar-refractivity contribution in [1.29, 1.82) is 0 Å². The van der Waals surface area contributed by atoms with Gasteiger partial charge in [-0.25, -0.2) is 0 Å². The molecular formula is C10H17N3. The van der Waals surface area contributed by atoms with Crippen LogP contribution < -0.4 is 5.32 Å². The molecule has 1 heterocycles. The Labute approximate surface area is 79.1 Å². The molecule has 0 bridgehead atoms. The van der Waals surface area contributed by atoms with Gasteiger partial charge in [0.05, 0.1) is 0 Å². The van der Waals surface area contributed by atoms with Gasteiger partial charge in [0.1, 0.15) is 5.82 Å². The summed E-state index contributed by atoms with van der Waals surface area (Å²) in [5.74, 6) is 1.89. The van der Waals surface area contributed by atoms with Gasteiger partial charge in [0.2, 0.25) is 0 Å². The molecule has 0 amide bonds. The monoisotopic (exact) mass is 179 g/mol. The van der Waals surface area contributed by atoms with E-state index in [1.807, 2.05) is 24.0 Å². The first-order valence-electron chi connectivity index (χ1n) is 5.08. The number of aryl methyl sites for hydroxylation is 1. The minimum Gasteiger partial charge on any atom is -0.368 e. The van der Waals surface area contributed by atoms with Crippen molar-refractivity contribution in [3.05, 3.63) is 12.3 Å². The summed E-state index contributed by atoms with van der Waals surface area (Å²) >= 11 is 0. The first kappa shape index (κ1) is 8.60. The molecule has 1 saturated carbocycles. The molecule has 1 N–H and O–H groups in total. The Morgan fingerprint density at radius 1 is 1.54 bits per heavy atom. The molecule has 2 rings (SSSR count). The summed E-state index contributed by atoms with van der Waals surface area (Å²) in [4.78, 5) is 0. The number of hydrogen-bond acceptors (Lipinski definition) is 2. The van der Waals surface area contributed by atoms with Crippen LogP contribution in [-0.4, -0.2) is 16.3 Å². The molecule has 1 aromatic rings. The SMILES string of the molecule is Cn1ccc(NCC2CCCC2)n1. The van der Waals surface area contributed by atoms with E-state index in [0.29, 0.717) is 0 Å². The summed E-state index contributed by atoms with van der Waals surface area (Å²) in [6.07, 6.45) is 7.57. The number of rotatable bonds is 3. The highest BCUT2D eigenvalue weighted by atomic mass is 15.3. The molecule has 0 spiro atoms. The lowest BCUT2D eigenvalue weighted by atomic mass is 10.1. The van der Waals surface area contributed by atoms with Crippen molar-refractivity contribution >= 4 is 5.82 Å². The van der Waals surface area contributed by atoms with Crippen LogP contribution in [0.25, 0.3) is 0 Å². The molecule has 3 heteroatoms. The van der Waals surface area contributed by atoms with Gasteiger partial charge in [-0.05, 0) is 18.8 Å². The molecule has 1 aliphatic rings. The zero-order valence-electron chi connectivity index (χ0n) is 8.16. The van der Waals surface area contributed by atoms with Gasteiger partial charge in [-0.3, -0.25) is 4.68 Å². The first-order valence-corrected chi connectivity index (χ1v) is 5.08. The van der Waals surface area contributed by atoms with E-state index in [1.54, 1.807) is 0 Å². The predicted molar refractivity (Wildman–Crippen MR) is 53.7 cm³/mol. The molecule has 1 aromatic heterocycles. The second kappa shape index (κ2) is 3.81. The number of nitrogens with one attached hydrogen (secondary N) is 1.